The van der Waals surface area contributed by atoms with E-state index in [1.165, 1.54) is 11.3 Å². The average molecular weight is 353 g/mol. The lowest BCUT2D eigenvalue weighted by atomic mass is 10.2. The molecule has 0 bridgehead atoms. The summed E-state index contributed by atoms with van der Waals surface area (Å²) in [5.74, 6) is 1.26. The Hall–Kier alpha value is -3.14. The molecule has 0 fully saturated rings. The van der Waals surface area contributed by atoms with Crippen molar-refractivity contribution in [1.82, 2.24) is 34.9 Å². The minimum atomic E-state index is -0.102. The first-order chi connectivity index (χ1) is 12.1. The molecule has 126 valence electrons. The highest BCUT2D eigenvalue weighted by molar-refractivity contribution is 7.15. The Bertz CT molecular complexity index is 1020. The monoisotopic (exact) mass is 353 g/mol. The fourth-order valence-corrected chi connectivity index (χ4v) is 3.06. The van der Waals surface area contributed by atoms with Gasteiger partial charge in [0.15, 0.2) is 11.5 Å². The quantitative estimate of drug-likeness (QED) is 0.572. The fourth-order valence-electron chi connectivity index (χ4n) is 2.44. The number of anilines is 2. The second-order valence-corrected chi connectivity index (χ2v) is 6.53. The largest absolute Gasteiger partial charge is 0.374 e. The smallest absolute Gasteiger partial charge is 0.203 e. The zero-order valence-corrected chi connectivity index (χ0v) is 14.4. The molecule has 0 amide bonds. The van der Waals surface area contributed by atoms with Crippen molar-refractivity contribution in [2.75, 3.05) is 11.1 Å². The molecule has 4 heterocycles. The lowest BCUT2D eigenvalue weighted by Gasteiger charge is -2.13. The highest BCUT2D eigenvalue weighted by Gasteiger charge is 2.17. The van der Waals surface area contributed by atoms with E-state index in [1.54, 1.807) is 23.3 Å². The van der Waals surface area contributed by atoms with Gasteiger partial charge in [-0.2, -0.15) is 5.10 Å². The van der Waals surface area contributed by atoms with Gasteiger partial charge in [-0.25, -0.2) is 9.97 Å². The van der Waals surface area contributed by atoms with Crippen LogP contribution < -0.4 is 11.1 Å². The molecule has 9 nitrogen and oxygen atoms in total. The van der Waals surface area contributed by atoms with Crippen molar-refractivity contribution >= 4 is 33.3 Å². The molecule has 3 N–H and O–H groups in total. The molecule has 0 saturated carbocycles. The van der Waals surface area contributed by atoms with E-state index in [0.717, 1.165) is 21.6 Å². The third kappa shape index (κ3) is 2.87. The number of pyridine rings is 1. The number of hydrogen-bond acceptors (Lipinski definition) is 9. The SMILES string of the molecule is C[C@@H](Nc1nc(-c2cccnc2)nc2c1cnn2C)c1nnc(N)s1. The van der Waals surface area contributed by atoms with Gasteiger partial charge in [-0.05, 0) is 19.1 Å². The number of aryl methyl sites for hydroxylation is 1. The number of fused-ring (bicyclic) bond motifs is 1. The van der Waals surface area contributed by atoms with Crippen LogP contribution in [0.5, 0.6) is 0 Å². The summed E-state index contributed by atoms with van der Waals surface area (Å²) in [6.45, 7) is 1.98. The van der Waals surface area contributed by atoms with E-state index in [0.29, 0.717) is 16.8 Å². The number of hydrogen-bond donors (Lipinski definition) is 2. The Morgan fingerprint density at radius 1 is 1.24 bits per heavy atom. The van der Waals surface area contributed by atoms with Crippen molar-refractivity contribution in [1.29, 1.82) is 0 Å². The second kappa shape index (κ2) is 6.06. The lowest BCUT2D eigenvalue weighted by molar-refractivity contribution is 0.785. The van der Waals surface area contributed by atoms with Crippen LogP contribution in [0.15, 0.2) is 30.7 Å². The molecule has 0 aliphatic rings. The summed E-state index contributed by atoms with van der Waals surface area (Å²) >= 11 is 1.35. The van der Waals surface area contributed by atoms with Crippen LogP contribution in [0.1, 0.15) is 18.0 Å². The van der Waals surface area contributed by atoms with Gasteiger partial charge >= 0.3 is 0 Å². The molecule has 0 spiro atoms. The topological polar surface area (TPSA) is 120 Å². The van der Waals surface area contributed by atoms with Crippen LogP contribution in [0.4, 0.5) is 10.9 Å². The first-order valence-corrected chi connectivity index (χ1v) is 8.39. The third-order valence-electron chi connectivity index (χ3n) is 3.69. The van der Waals surface area contributed by atoms with E-state index in [4.69, 9.17) is 5.73 Å². The Balaban J connectivity index is 1.79. The highest BCUT2D eigenvalue weighted by atomic mass is 32.1. The van der Waals surface area contributed by atoms with Crippen LogP contribution in [0.3, 0.4) is 0 Å². The van der Waals surface area contributed by atoms with Crippen molar-refractivity contribution in [3.05, 3.63) is 35.7 Å². The summed E-state index contributed by atoms with van der Waals surface area (Å²) in [7, 11) is 1.85. The molecule has 0 aliphatic carbocycles. The molecule has 4 aromatic heterocycles. The zero-order chi connectivity index (χ0) is 17.4. The molecule has 10 heteroatoms. The van der Waals surface area contributed by atoms with Gasteiger partial charge < -0.3 is 11.1 Å². The number of rotatable bonds is 4. The van der Waals surface area contributed by atoms with E-state index in [1.807, 2.05) is 26.1 Å². The van der Waals surface area contributed by atoms with Crippen LogP contribution in [0.2, 0.25) is 0 Å². The Labute approximate surface area is 147 Å². The summed E-state index contributed by atoms with van der Waals surface area (Å²) in [6.07, 6.45) is 5.19. The average Bonchev–Trinajstić information content (AvgIpc) is 3.22. The van der Waals surface area contributed by atoms with Gasteiger partial charge in [-0.15, -0.1) is 10.2 Å². The Morgan fingerprint density at radius 2 is 2.12 bits per heavy atom. The number of nitrogens with zero attached hydrogens (tertiary/aromatic N) is 7. The predicted molar refractivity (Wildman–Crippen MR) is 95.9 cm³/mol. The number of nitrogens with one attached hydrogen (secondary N) is 1. The van der Waals surface area contributed by atoms with Crippen LogP contribution in [0, 0.1) is 0 Å². The molecule has 0 aliphatic heterocycles. The molecular formula is C15H15N9S. The number of aromatic nitrogens is 7. The van der Waals surface area contributed by atoms with Crippen molar-refractivity contribution < 1.29 is 0 Å². The van der Waals surface area contributed by atoms with Gasteiger partial charge in [0.2, 0.25) is 5.13 Å². The minimum absolute atomic E-state index is 0.102. The van der Waals surface area contributed by atoms with E-state index < -0.39 is 0 Å². The summed E-state index contributed by atoms with van der Waals surface area (Å²) in [4.78, 5) is 13.4. The normalized spacial score (nSPS) is 12.4. The lowest BCUT2D eigenvalue weighted by Crippen LogP contribution is -2.09. The zero-order valence-electron chi connectivity index (χ0n) is 13.6. The van der Waals surface area contributed by atoms with Gasteiger partial charge in [-0.3, -0.25) is 9.67 Å². The van der Waals surface area contributed by atoms with Crippen molar-refractivity contribution in [3.63, 3.8) is 0 Å². The second-order valence-electron chi connectivity index (χ2n) is 5.49. The third-order valence-corrected chi connectivity index (χ3v) is 4.63. The van der Waals surface area contributed by atoms with Crippen LogP contribution in [-0.4, -0.2) is 34.9 Å². The highest BCUT2D eigenvalue weighted by Crippen LogP contribution is 2.28. The predicted octanol–water partition coefficient (Wildman–Crippen LogP) is 2.03. The van der Waals surface area contributed by atoms with Crippen molar-refractivity contribution in [2.24, 2.45) is 7.05 Å². The molecule has 4 rings (SSSR count). The van der Waals surface area contributed by atoms with Crippen LogP contribution in [0.25, 0.3) is 22.4 Å². The summed E-state index contributed by atoms with van der Waals surface area (Å²) in [5, 5.41) is 17.7. The summed E-state index contributed by atoms with van der Waals surface area (Å²) in [5.41, 5.74) is 7.25. The van der Waals surface area contributed by atoms with Gasteiger partial charge in [-0.1, -0.05) is 11.3 Å². The molecule has 1 atom stereocenters. The first-order valence-electron chi connectivity index (χ1n) is 7.57. The summed E-state index contributed by atoms with van der Waals surface area (Å²) < 4.78 is 1.72. The van der Waals surface area contributed by atoms with Gasteiger partial charge in [0, 0.05) is 25.0 Å². The minimum Gasteiger partial charge on any atom is -0.374 e. The molecule has 0 aromatic carbocycles. The van der Waals surface area contributed by atoms with Crippen LogP contribution in [-0.2, 0) is 7.05 Å². The molecule has 0 radical (unpaired) electrons. The Kier molecular flexibility index (Phi) is 3.73. The van der Waals surface area contributed by atoms with E-state index in [-0.39, 0.29) is 6.04 Å². The van der Waals surface area contributed by atoms with Gasteiger partial charge in [0.05, 0.1) is 17.6 Å². The van der Waals surface area contributed by atoms with Crippen LogP contribution >= 0.6 is 11.3 Å². The molecule has 0 unspecified atom stereocenters. The maximum Gasteiger partial charge on any atom is 0.203 e. The fraction of sp³-hybridized carbons (Fsp3) is 0.200. The molecule has 25 heavy (non-hydrogen) atoms. The van der Waals surface area contributed by atoms with Gasteiger partial charge in [0.25, 0.3) is 0 Å². The van der Waals surface area contributed by atoms with Crippen molar-refractivity contribution in [2.45, 2.75) is 13.0 Å². The standard InChI is InChI=1S/C15H15N9S/c1-8(14-22-23-15(16)25-14)19-12-10-7-18-24(2)13(10)21-11(20-12)9-4-3-5-17-6-9/h3-8H,1-2H3,(H2,16,23)(H,19,20,21)/t8-/m1/s1. The number of nitrogens with two attached hydrogens (primary N) is 1. The van der Waals surface area contributed by atoms with E-state index in [9.17, 15) is 0 Å². The molecular weight excluding hydrogens is 338 g/mol. The summed E-state index contributed by atoms with van der Waals surface area (Å²) in [6, 6.07) is 3.67. The molecule has 4 aromatic rings. The maximum atomic E-state index is 5.68. The van der Waals surface area contributed by atoms with Gasteiger partial charge in [0.1, 0.15) is 10.8 Å². The maximum absolute atomic E-state index is 5.68. The number of nitrogen functional groups attached to an aromatic ring is 1. The Morgan fingerprint density at radius 3 is 2.84 bits per heavy atom. The van der Waals surface area contributed by atoms with E-state index >= 15 is 0 Å². The van der Waals surface area contributed by atoms with Crippen molar-refractivity contribution in [3.8, 4) is 11.4 Å². The first kappa shape index (κ1) is 15.4. The van der Waals surface area contributed by atoms with E-state index in [2.05, 4.69) is 35.6 Å². The molecule has 0 saturated heterocycles.